The number of hydroxylamine groups is 2. The fourth-order valence-corrected chi connectivity index (χ4v) is 3.43. The third-order valence-electron chi connectivity index (χ3n) is 4.09. The van der Waals surface area contributed by atoms with E-state index < -0.39 is 11.1 Å². The number of aliphatic imine (C=N–C) groups is 1. The Labute approximate surface area is 147 Å². The zero-order valence-electron chi connectivity index (χ0n) is 14.3. The molecular weight excluding hydrogens is 328 g/mol. The number of hydrogen-bond donors (Lipinski definition) is 3. The van der Waals surface area contributed by atoms with E-state index in [1.54, 1.807) is 18.3 Å². The van der Waals surface area contributed by atoms with Crippen molar-refractivity contribution in [1.82, 2.24) is 15.4 Å². The number of aromatic nitrogens is 1. The van der Waals surface area contributed by atoms with Crippen molar-refractivity contribution >= 4 is 23.2 Å². The second kappa shape index (κ2) is 6.93. The Bertz CT molecular complexity index is 649. The lowest BCUT2D eigenvalue weighted by Crippen LogP contribution is -2.60. The average molecular weight is 351 g/mol. The summed E-state index contributed by atoms with van der Waals surface area (Å²) in [5.41, 5.74) is -0.129. The molecule has 130 valence electrons. The third-order valence-corrected chi connectivity index (χ3v) is 4.30. The minimum Gasteiger partial charge on any atom is -0.325 e. The van der Waals surface area contributed by atoms with E-state index in [9.17, 15) is 5.21 Å². The number of halogens is 1. The number of hydrogen-bond acceptors (Lipinski definition) is 5. The molecule has 0 aliphatic carbocycles. The van der Waals surface area contributed by atoms with E-state index in [-0.39, 0.29) is 6.04 Å². The molecule has 1 fully saturated rings. The Balaban J connectivity index is 2.22. The van der Waals surface area contributed by atoms with Crippen molar-refractivity contribution in [3.8, 4) is 6.19 Å². The highest BCUT2D eigenvalue weighted by Crippen LogP contribution is 2.37. The van der Waals surface area contributed by atoms with Crippen LogP contribution in [0.4, 0.5) is 5.69 Å². The SMILES string of the molecule is CC1(C)CC(N=C(NC#N)Nc2ccnc(Cl)c2)CC(C)(C)N1O. The van der Waals surface area contributed by atoms with Gasteiger partial charge in [-0.1, -0.05) is 11.6 Å². The number of nitriles is 1. The van der Waals surface area contributed by atoms with E-state index in [1.807, 2.05) is 33.9 Å². The van der Waals surface area contributed by atoms with Crippen molar-refractivity contribution in [3.63, 3.8) is 0 Å². The Morgan fingerprint density at radius 2 is 2.04 bits per heavy atom. The van der Waals surface area contributed by atoms with E-state index in [1.165, 1.54) is 5.06 Å². The largest absolute Gasteiger partial charge is 0.325 e. The van der Waals surface area contributed by atoms with Gasteiger partial charge in [0.15, 0.2) is 6.19 Å². The molecule has 1 aliphatic heterocycles. The Hall–Kier alpha value is -1.88. The van der Waals surface area contributed by atoms with Gasteiger partial charge in [-0.3, -0.25) is 5.32 Å². The highest BCUT2D eigenvalue weighted by molar-refractivity contribution is 6.29. The topological polar surface area (TPSA) is 96.6 Å². The van der Waals surface area contributed by atoms with Crippen LogP contribution in [0.3, 0.4) is 0 Å². The smallest absolute Gasteiger partial charge is 0.209 e. The molecule has 0 atom stereocenters. The van der Waals surface area contributed by atoms with Gasteiger partial charge in [0, 0.05) is 23.0 Å². The molecule has 1 aromatic rings. The number of rotatable bonds is 2. The summed E-state index contributed by atoms with van der Waals surface area (Å²) in [7, 11) is 0. The number of nitrogens with zero attached hydrogens (tertiary/aromatic N) is 4. The minimum absolute atomic E-state index is 0.0425. The van der Waals surface area contributed by atoms with Crippen molar-refractivity contribution in [3.05, 3.63) is 23.5 Å². The maximum absolute atomic E-state index is 10.4. The summed E-state index contributed by atoms with van der Waals surface area (Å²) >= 11 is 5.88. The quantitative estimate of drug-likeness (QED) is 0.249. The molecular formula is C16H23ClN6O. The predicted molar refractivity (Wildman–Crippen MR) is 93.9 cm³/mol. The first-order valence-electron chi connectivity index (χ1n) is 7.75. The normalized spacial score (nSPS) is 21.1. The Kier molecular flexibility index (Phi) is 5.33. The Morgan fingerprint density at radius 1 is 1.42 bits per heavy atom. The van der Waals surface area contributed by atoms with Crippen LogP contribution in [0.1, 0.15) is 40.5 Å². The van der Waals surface area contributed by atoms with Gasteiger partial charge in [-0.2, -0.15) is 10.3 Å². The van der Waals surface area contributed by atoms with Crippen LogP contribution in [0, 0.1) is 11.5 Å². The summed E-state index contributed by atoms with van der Waals surface area (Å²) in [5.74, 6) is 0.350. The van der Waals surface area contributed by atoms with Crippen LogP contribution in [-0.2, 0) is 0 Å². The maximum Gasteiger partial charge on any atom is 0.209 e. The van der Waals surface area contributed by atoms with E-state index in [0.29, 0.717) is 29.6 Å². The van der Waals surface area contributed by atoms with Gasteiger partial charge >= 0.3 is 0 Å². The molecule has 2 rings (SSSR count). The van der Waals surface area contributed by atoms with Gasteiger partial charge in [-0.25, -0.2) is 9.98 Å². The summed E-state index contributed by atoms with van der Waals surface area (Å²) in [4.78, 5) is 8.57. The van der Waals surface area contributed by atoms with Crippen LogP contribution in [-0.4, -0.2) is 38.3 Å². The van der Waals surface area contributed by atoms with Crippen LogP contribution >= 0.6 is 11.6 Å². The molecule has 24 heavy (non-hydrogen) atoms. The van der Waals surface area contributed by atoms with E-state index in [0.717, 1.165) is 0 Å². The molecule has 0 unspecified atom stereocenters. The average Bonchev–Trinajstić information content (AvgIpc) is 2.44. The van der Waals surface area contributed by atoms with Crippen LogP contribution in [0.25, 0.3) is 0 Å². The van der Waals surface area contributed by atoms with E-state index >= 15 is 0 Å². The molecule has 0 radical (unpaired) electrons. The van der Waals surface area contributed by atoms with Crippen molar-refractivity contribution in [2.24, 2.45) is 4.99 Å². The number of piperidine rings is 1. The number of guanidine groups is 1. The second-order valence-corrected chi connectivity index (χ2v) is 7.59. The molecule has 0 aromatic carbocycles. The third kappa shape index (κ3) is 4.35. The standard InChI is InChI=1S/C16H23ClN6O/c1-15(2)8-12(9-16(3,4)23(15)24)22-14(20-10-18)21-11-5-6-19-13(17)7-11/h5-7,12,24H,8-9H2,1-4H3,(H2,19,20,21,22). The van der Waals surface area contributed by atoms with E-state index in [2.05, 4.69) is 20.6 Å². The lowest BCUT2D eigenvalue weighted by Gasteiger charge is -2.50. The van der Waals surface area contributed by atoms with Crippen LogP contribution in [0.5, 0.6) is 0 Å². The summed E-state index contributed by atoms with van der Waals surface area (Å²) in [5, 5.41) is 26.7. The molecule has 0 bridgehead atoms. The first kappa shape index (κ1) is 18.5. The second-order valence-electron chi connectivity index (χ2n) is 7.21. The highest BCUT2D eigenvalue weighted by atomic mass is 35.5. The molecule has 2 heterocycles. The zero-order valence-corrected chi connectivity index (χ0v) is 15.1. The van der Waals surface area contributed by atoms with E-state index in [4.69, 9.17) is 16.9 Å². The number of nitrogens with one attached hydrogen (secondary N) is 2. The molecule has 3 N–H and O–H groups in total. The first-order chi connectivity index (χ1) is 11.1. The summed E-state index contributed by atoms with van der Waals surface area (Å²) in [6.07, 6.45) is 4.80. The molecule has 7 nitrogen and oxygen atoms in total. The fourth-order valence-electron chi connectivity index (χ4n) is 3.26. The zero-order chi connectivity index (χ0) is 18.0. The molecule has 8 heteroatoms. The van der Waals surface area contributed by atoms with Crippen LogP contribution < -0.4 is 10.6 Å². The maximum atomic E-state index is 10.4. The van der Waals surface area contributed by atoms with Gasteiger partial charge < -0.3 is 10.5 Å². The highest BCUT2D eigenvalue weighted by Gasteiger charge is 2.45. The summed E-state index contributed by atoms with van der Waals surface area (Å²) in [6, 6.07) is 3.35. The monoisotopic (exact) mass is 350 g/mol. The molecule has 1 aliphatic rings. The molecule has 0 amide bonds. The van der Waals surface area contributed by atoms with Crippen LogP contribution in [0.2, 0.25) is 5.15 Å². The lowest BCUT2D eigenvalue weighted by atomic mass is 9.79. The van der Waals surface area contributed by atoms with Gasteiger partial charge in [-0.05, 0) is 52.7 Å². The predicted octanol–water partition coefficient (Wildman–Crippen LogP) is 2.98. The summed E-state index contributed by atoms with van der Waals surface area (Å²) < 4.78 is 0. The van der Waals surface area contributed by atoms with Gasteiger partial charge in [0.25, 0.3) is 0 Å². The van der Waals surface area contributed by atoms with Crippen molar-refractivity contribution in [2.75, 3.05) is 5.32 Å². The fraction of sp³-hybridized carbons (Fsp3) is 0.562. The van der Waals surface area contributed by atoms with Gasteiger partial charge in [-0.15, -0.1) is 0 Å². The molecule has 1 saturated heterocycles. The van der Waals surface area contributed by atoms with Gasteiger partial charge in [0.05, 0.1) is 6.04 Å². The minimum atomic E-state index is -0.409. The van der Waals surface area contributed by atoms with Gasteiger partial charge in [0.2, 0.25) is 5.96 Å². The van der Waals surface area contributed by atoms with Crippen molar-refractivity contribution < 1.29 is 5.21 Å². The molecule has 1 aromatic heterocycles. The van der Waals surface area contributed by atoms with Crippen molar-refractivity contribution in [2.45, 2.75) is 57.7 Å². The summed E-state index contributed by atoms with van der Waals surface area (Å²) in [6.45, 7) is 7.90. The number of anilines is 1. The molecule has 0 saturated carbocycles. The molecule has 0 spiro atoms. The van der Waals surface area contributed by atoms with Gasteiger partial charge in [0.1, 0.15) is 5.15 Å². The lowest BCUT2D eigenvalue weighted by molar-refractivity contribution is -0.244. The van der Waals surface area contributed by atoms with Crippen LogP contribution in [0.15, 0.2) is 23.3 Å². The number of pyridine rings is 1. The first-order valence-corrected chi connectivity index (χ1v) is 8.12. The van der Waals surface area contributed by atoms with Crippen molar-refractivity contribution in [1.29, 1.82) is 5.26 Å². The Morgan fingerprint density at radius 3 is 2.58 bits per heavy atom.